The molecular weight excluding hydrogens is 272 g/mol. The molecule has 4 nitrogen and oxygen atoms in total. The molecule has 4 heteroatoms. The van der Waals surface area contributed by atoms with Crippen LogP contribution in [0.4, 0.5) is 0 Å². The molecule has 0 spiro atoms. The van der Waals surface area contributed by atoms with E-state index in [-0.39, 0.29) is 0 Å². The fraction of sp³-hybridized carbons (Fsp3) is 0.0556. The maximum Gasteiger partial charge on any atom is 0.190 e. The van der Waals surface area contributed by atoms with E-state index in [0.29, 0.717) is 11.4 Å². The van der Waals surface area contributed by atoms with E-state index < -0.39 is 0 Å². The molecule has 0 amide bonds. The molecule has 3 aromatic rings. The Morgan fingerprint density at radius 1 is 1.00 bits per heavy atom. The number of para-hydroxylation sites is 1. The summed E-state index contributed by atoms with van der Waals surface area (Å²) in [5, 5.41) is 17.2. The van der Waals surface area contributed by atoms with Gasteiger partial charge >= 0.3 is 0 Å². The molecule has 0 aliphatic carbocycles. The lowest BCUT2D eigenvalue weighted by molar-refractivity contribution is 0.797. The van der Waals surface area contributed by atoms with Crippen LogP contribution in [0.5, 0.6) is 0 Å². The van der Waals surface area contributed by atoms with E-state index >= 15 is 0 Å². The number of aromatic nitrogens is 3. The summed E-state index contributed by atoms with van der Waals surface area (Å²) >= 11 is 0. The maximum atomic E-state index is 9.21. The van der Waals surface area contributed by atoms with Crippen molar-refractivity contribution in [1.82, 2.24) is 15.0 Å². The molecule has 0 N–H and O–H groups in total. The van der Waals surface area contributed by atoms with Crippen LogP contribution < -0.4 is 0 Å². The van der Waals surface area contributed by atoms with Crippen LogP contribution in [0, 0.1) is 18.3 Å². The van der Waals surface area contributed by atoms with E-state index in [1.54, 1.807) is 4.68 Å². The number of nitrogens with zero attached hydrogens (tertiary/aromatic N) is 4. The van der Waals surface area contributed by atoms with Gasteiger partial charge in [-0.15, -0.1) is 5.10 Å². The summed E-state index contributed by atoms with van der Waals surface area (Å²) in [6.07, 6.45) is 3.83. The van der Waals surface area contributed by atoms with Crippen molar-refractivity contribution >= 4 is 12.2 Å². The smallest absolute Gasteiger partial charge is 0.190 e. The van der Waals surface area contributed by atoms with Gasteiger partial charge in [-0.1, -0.05) is 59.3 Å². The Hall–Kier alpha value is -3.19. The lowest BCUT2D eigenvalue weighted by Gasteiger charge is -2.02. The molecule has 22 heavy (non-hydrogen) atoms. The van der Waals surface area contributed by atoms with Crippen LogP contribution in [0.2, 0.25) is 0 Å². The Morgan fingerprint density at radius 3 is 2.41 bits per heavy atom. The number of hydrogen-bond donors (Lipinski definition) is 0. The van der Waals surface area contributed by atoms with Crippen LogP contribution in [0.25, 0.3) is 17.8 Å². The zero-order chi connectivity index (χ0) is 15.4. The van der Waals surface area contributed by atoms with Crippen molar-refractivity contribution in [3.8, 4) is 11.8 Å². The fourth-order valence-corrected chi connectivity index (χ4v) is 2.13. The van der Waals surface area contributed by atoms with E-state index in [4.69, 9.17) is 0 Å². The molecule has 0 unspecified atom stereocenters. The Kier molecular flexibility index (Phi) is 3.80. The Bertz CT molecular complexity index is 837. The van der Waals surface area contributed by atoms with Gasteiger partial charge in [0.2, 0.25) is 0 Å². The molecule has 0 fully saturated rings. The zero-order valence-corrected chi connectivity index (χ0v) is 12.1. The second-order valence-corrected chi connectivity index (χ2v) is 4.93. The van der Waals surface area contributed by atoms with Gasteiger partial charge in [-0.05, 0) is 30.7 Å². The van der Waals surface area contributed by atoms with Gasteiger partial charge in [0.05, 0.1) is 5.69 Å². The van der Waals surface area contributed by atoms with Crippen molar-refractivity contribution in [3.05, 3.63) is 77.1 Å². The summed E-state index contributed by atoms with van der Waals surface area (Å²) in [5.74, 6) is 0. The number of benzene rings is 2. The van der Waals surface area contributed by atoms with Crippen molar-refractivity contribution in [2.24, 2.45) is 0 Å². The number of rotatable bonds is 3. The summed E-state index contributed by atoms with van der Waals surface area (Å²) in [7, 11) is 0. The Balaban J connectivity index is 2.01. The third-order valence-corrected chi connectivity index (χ3v) is 3.32. The summed E-state index contributed by atoms with van der Waals surface area (Å²) in [6.45, 7) is 2.05. The maximum absolute atomic E-state index is 9.21. The van der Waals surface area contributed by atoms with Gasteiger partial charge in [-0.25, -0.2) is 4.68 Å². The zero-order valence-electron chi connectivity index (χ0n) is 12.1. The molecular formula is C18H14N4. The Labute approximate surface area is 129 Å². The van der Waals surface area contributed by atoms with Crippen molar-refractivity contribution in [1.29, 1.82) is 5.26 Å². The molecule has 1 heterocycles. The topological polar surface area (TPSA) is 54.5 Å². The molecule has 0 aliphatic rings. The predicted molar refractivity (Wildman–Crippen MR) is 86.2 cm³/mol. The normalized spacial score (nSPS) is 10.7. The minimum Gasteiger partial charge on any atom is -0.212 e. The Morgan fingerprint density at radius 2 is 1.73 bits per heavy atom. The van der Waals surface area contributed by atoms with Gasteiger partial charge < -0.3 is 0 Å². The van der Waals surface area contributed by atoms with E-state index in [9.17, 15) is 5.26 Å². The molecule has 0 aliphatic heterocycles. The fourth-order valence-electron chi connectivity index (χ4n) is 2.13. The van der Waals surface area contributed by atoms with E-state index in [2.05, 4.69) is 35.4 Å². The van der Waals surface area contributed by atoms with Crippen LogP contribution in [0.3, 0.4) is 0 Å². The van der Waals surface area contributed by atoms with Crippen LogP contribution in [0.15, 0.2) is 54.6 Å². The lowest BCUT2D eigenvalue weighted by Crippen LogP contribution is -1.98. The molecule has 0 bridgehead atoms. The minimum atomic E-state index is 0.312. The molecule has 1 aromatic heterocycles. The van der Waals surface area contributed by atoms with Crippen molar-refractivity contribution in [3.63, 3.8) is 0 Å². The van der Waals surface area contributed by atoms with E-state index in [0.717, 1.165) is 11.3 Å². The van der Waals surface area contributed by atoms with Gasteiger partial charge in [0.15, 0.2) is 5.69 Å². The SMILES string of the molecule is Cc1ccc(/C=C/c2c(C#N)nnn2-c2ccccc2)cc1. The highest BCUT2D eigenvalue weighted by atomic mass is 15.4. The van der Waals surface area contributed by atoms with Crippen LogP contribution in [0.1, 0.15) is 22.5 Å². The molecule has 106 valence electrons. The highest BCUT2D eigenvalue weighted by Crippen LogP contribution is 2.16. The van der Waals surface area contributed by atoms with Crippen LogP contribution in [-0.2, 0) is 0 Å². The van der Waals surface area contributed by atoms with Crippen LogP contribution in [-0.4, -0.2) is 15.0 Å². The first-order valence-electron chi connectivity index (χ1n) is 6.94. The quantitative estimate of drug-likeness (QED) is 0.739. The second-order valence-electron chi connectivity index (χ2n) is 4.93. The number of aryl methyl sites for hydroxylation is 1. The van der Waals surface area contributed by atoms with Gasteiger partial charge in [0.25, 0.3) is 0 Å². The molecule has 0 saturated heterocycles. The minimum absolute atomic E-state index is 0.312. The van der Waals surface area contributed by atoms with Gasteiger partial charge in [-0.2, -0.15) is 5.26 Å². The molecule has 0 saturated carbocycles. The monoisotopic (exact) mass is 286 g/mol. The summed E-state index contributed by atoms with van der Waals surface area (Å²) in [4.78, 5) is 0. The number of hydrogen-bond acceptors (Lipinski definition) is 3. The average Bonchev–Trinajstić information content (AvgIpc) is 2.98. The van der Waals surface area contributed by atoms with Crippen molar-refractivity contribution < 1.29 is 0 Å². The largest absolute Gasteiger partial charge is 0.212 e. The van der Waals surface area contributed by atoms with Gasteiger partial charge in [0.1, 0.15) is 11.8 Å². The second kappa shape index (κ2) is 6.06. The molecule has 3 rings (SSSR count). The highest BCUT2D eigenvalue weighted by molar-refractivity contribution is 5.71. The highest BCUT2D eigenvalue weighted by Gasteiger charge is 2.10. The third kappa shape index (κ3) is 2.79. The number of nitriles is 1. The first-order chi connectivity index (χ1) is 10.8. The third-order valence-electron chi connectivity index (χ3n) is 3.32. The summed E-state index contributed by atoms with van der Waals surface area (Å²) < 4.78 is 1.67. The predicted octanol–water partition coefficient (Wildman–Crippen LogP) is 3.62. The first-order valence-corrected chi connectivity index (χ1v) is 6.94. The first kappa shape index (κ1) is 13.8. The molecule has 0 radical (unpaired) electrons. The molecule has 2 aromatic carbocycles. The van der Waals surface area contributed by atoms with Gasteiger partial charge in [0, 0.05) is 0 Å². The van der Waals surface area contributed by atoms with E-state index in [1.807, 2.05) is 54.6 Å². The van der Waals surface area contributed by atoms with E-state index in [1.165, 1.54) is 5.56 Å². The summed E-state index contributed by atoms with van der Waals surface area (Å²) in [5.41, 5.74) is 4.14. The molecule has 0 atom stereocenters. The van der Waals surface area contributed by atoms with Crippen molar-refractivity contribution in [2.45, 2.75) is 6.92 Å². The van der Waals surface area contributed by atoms with Crippen molar-refractivity contribution in [2.75, 3.05) is 0 Å². The lowest BCUT2D eigenvalue weighted by atomic mass is 10.1. The standard InChI is InChI=1S/C18H14N4/c1-14-7-9-15(10-8-14)11-12-18-17(13-19)20-21-22(18)16-5-3-2-4-6-16/h2-12H,1H3/b12-11+. The summed E-state index contributed by atoms with van der Waals surface area (Å²) in [6, 6.07) is 19.9. The van der Waals surface area contributed by atoms with Gasteiger partial charge in [-0.3, -0.25) is 0 Å². The average molecular weight is 286 g/mol. The van der Waals surface area contributed by atoms with Crippen LogP contribution >= 0.6 is 0 Å².